The Morgan fingerprint density at radius 2 is 2.11 bits per heavy atom. The number of imidazole rings is 1. The van der Waals surface area contributed by atoms with Crippen LogP contribution in [0.15, 0.2) is 43.0 Å². The number of aromatic hydroxyl groups is 1. The van der Waals surface area contributed by atoms with Crippen molar-refractivity contribution in [1.29, 1.82) is 0 Å². The monoisotopic (exact) mass is 278 g/mol. The number of nitrogens with one attached hydrogen (secondary N) is 1. The molecule has 0 saturated carbocycles. The van der Waals surface area contributed by atoms with Gasteiger partial charge in [0.1, 0.15) is 0 Å². The molecule has 0 spiro atoms. The second-order valence-corrected chi connectivity index (χ2v) is 5.12. The average Bonchev–Trinajstić information content (AvgIpc) is 2.66. The Hall–Kier alpha value is -1.46. The zero-order valence-electron chi connectivity index (χ0n) is 9.80. The van der Waals surface area contributed by atoms with E-state index in [2.05, 4.69) is 11.6 Å². The molecule has 0 fully saturated rings. The predicted molar refractivity (Wildman–Crippen MR) is 79.0 cm³/mol. The van der Waals surface area contributed by atoms with E-state index in [9.17, 15) is 5.11 Å². The first-order chi connectivity index (χ1) is 8.74. The van der Waals surface area contributed by atoms with Crippen LogP contribution in [-0.2, 0) is 5.75 Å². The lowest BCUT2D eigenvalue weighted by molar-refractivity contribution is 0.437. The van der Waals surface area contributed by atoms with E-state index in [1.807, 2.05) is 36.4 Å². The van der Waals surface area contributed by atoms with Crippen LogP contribution in [0.25, 0.3) is 5.69 Å². The number of para-hydroxylation sites is 1. The number of nitrogens with zero attached hydrogens (tertiary/aromatic N) is 1. The van der Waals surface area contributed by atoms with Crippen LogP contribution in [0.5, 0.6) is 5.88 Å². The number of benzene rings is 1. The normalized spacial score (nSPS) is 10.4. The number of hydrogen-bond acceptors (Lipinski definition) is 3. The van der Waals surface area contributed by atoms with E-state index < -0.39 is 0 Å². The van der Waals surface area contributed by atoms with Gasteiger partial charge in [0.2, 0.25) is 5.88 Å². The molecule has 5 heteroatoms. The van der Waals surface area contributed by atoms with Crippen LogP contribution in [0.2, 0.25) is 0 Å². The summed E-state index contributed by atoms with van der Waals surface area (Å²) in [5.74, 6) is 1.71. The number of hydrogen-bond donors (Lipinski definition) is 2. The number of aromatic nitrogens is 2. The summed E-state index contributed by atoms with van der Waals surface area (Å²) in [4.78, 5) is 3.04. The molecule has 2 rings (SSSR count). The molecule has 94 valence electrons. The average molecular weight is 278 g/mol. The lowest BCUT2D eigenvalue weighted by Crippen LogP contribution is -1.92. The van der Waals surface area contributed by atoms with Gasteiger partial charge in [-0.25, -0.2) is 0 Å². The van der Waals surface area contributed by atoms with Crippen molar-refractivity contribution in [3.63, 3.8) is 0 Å². The Labute approximate surface area is 115 Å². The summed E-state index contributed by atoms with van der Waals surface area (Å²) >= 11 is 6.91. The summed E-state index contributed by atoms with van der Waals surface area (Å²) in [6.45, 7) is 3.67. The van der Waals surface area contributed by atoms with Gasteiger partial charge in [-0.3, -0.25) is 4.57 Å². The van der Waals surface area contributed by atoms with Crippen molar-refractivity contribution in [2.45, 2.75) is 5.75 Å². The van der Waals surface area contributed by atoms with Crippen LogP contribution in [-0.4, -0.2) is 20.4 Å². The molecule has 0 bridgehead atoms. The maximum absolute atomic E-state index is 10.2. The quantitative estimate of drug-likeness (QED) is 0.498. The summed E-state index contributed by atoms with van der Waals surface area (Å²) in [7, 11) is 0. The topological polar surface area (TPSA) is 41.0 Å². The zero-order chi connectivity index (χ0) is 13.0. The Bertz CT molecular complexity index is 587. The Morgan fingerprint density at radius 3 is 2.78 bits per heavy atom. The number of H-pyrrole nitrogens is 1. The Balaban J connectivity index is 2.33. The maximum Gasteiger partial charge on any atom is 0.218 e. The van der Waals surface area contributed by atoms with E-state index in [0.717, 1.165) is 17.1 Å². The molecular weight excluding hydrogens is 264 g/mol. The fraction of sp³-hybridized carbons (Fsp3) is 0.154. The highest BCUT2D eigenvalue weighted by atomic mass is 32.2. The lowest BCUT2D eigenvalue weighted by Gasteiger charge is -2.04. The van der Waals surface area contributed by atoms with E-state index in [1.165, 1.54) is 0 Å². The molecule has 0 aliphatic carbocycles. The van der Waals surface area contributed by atoms with Gasteiger partial charge < -0.3 is 10.1 Å². The molecule has 2 N–H and O–H groups in total. The third-order valence-electron chi connectivity index (χ3n) is 2.44. The molecule has 2 aromatic rings. The molecule has 0 amide bonds. The fourth-order valence-electron chi connectivity index (χ4n) is 1.63. The maximum atomic E-state index is 10.2. The molecule has 3 nitrogen and oxygen atoms in total. The summed E-state index contributed by atoms with van der Waals surface area (Å²) in [6, 6.07) is 9.57. The van der Waals surface area contributed by atoms with Gasteiger partial charge in [0.15, 0.2) is 4.77 Å². The van der Waals surface area contributed by atoms with Crippen LogP contribution < -0.4 is 0 Å². The minimum atomic E-state index is 0.183. The van der Waals surface area contributed by atoms with Crippen LogP contribution in [0.4, 0.5) is 0 Å². The third kappa shape index (κ3) is 2.68. The highest BCUT2D eigenvalue weighted by Gasteiger charge is 2.11. The van der Waals surface area contributed by atoms with Gasteiger partial charge in [0, 0.05) is 11.5 Å². The number of thioether (sulfide) groups is 1. The van der Waals surface area contributed by atoms with E-state index in [1.54, 1.807) is 16.3 Å². The fourth-order valence-corrected chi connectivity index (χ4v) is 2.64. The molecular formula is C13H14N2OS2. The molecule has 1 aromatic carbocycles. The first kappa shape index (κ1) is 13.0. The van der Waals surface area contributed by atoms with Gasteiger partial charge in [0.05, 0.1) is 11.4 Å². The van der Waals surface area contributed by atoms with Crippen molar-refractivity contribution in [2.75, 3.05) is 5.75 Å². The molecule has 0 aliphatic heterocycles. The highest BCUT2D eigenvalue weighted by molar-refractivity contribution is 7.98. The second kappa shape index (κ2) is 5.93. The molecule has 1 heterocycles. The molecule has 0 aliphatic rings. The molecule has 0 unspecified atom stereocenters. The second-order valence-electron chi connectivity index (χ2n) is 3.71. The smallest absolute Gasteiger partial charge is 0.218 e. The van der Waals surface area contributed by atoms with E-state index in [-0.39, 0.29) is 5.88 Å². The molecule has 0 saturated heterocycles. The van der Waals surface area contributed by atoms with Crippen molar-refractivity contribution in [1.82, 2.24) is 9.55 Å². The number of aromatic amines is 1. The zero-order valence-corrected chi connectivity index (χ0v) is 11.4. The third-order valence-corrected chi connectivity index (χ3v) is 3.69. The van der Waals surface area contributed by atoms with Crippen LogP contribution in [0.3, 0.4) is 0 Å². The van der Waals surface area contributed by atoms with E-state index >= 15 is 0 Å². The molecule has 0 atom stereocenters. The molecule has 0 radical (unpaired) electrons. The first-order valence-electron chi connectivity index (χ1n) is 5.51. The summed E-state index contributed by atoms with van der Waals surface area (Å²) in [5.41, 5.74) is 1.60. The Morgan fingerprint density at radius 1 is 1.39 bits per heavy atom. The minimum absolute atomic E-state index is 0.183. The SMILES string of the molecule is C=CCSCc1[nH]c(=S)n(-c2ccccc2)c1O. The first-order valence-corrected chi connectivity index (χ1v) is 7.07. The van der Waals surface area contributed by atoms with Gasteiger partial charge in [-0.1, -0.05) is 24.3 Å². The van der Waals surface area contributed by atoms with Gasteiger partial charge in [-0.2, -0.15) is 11.8 Å². The molecule has 1 aromatic heterocycles. The summed E-state index contributed by atoms with van der Waals surface area (Å²) < 4.78 is 2.15. The van der Waals surface area contributed by atoms with Gasteiger partial charge >= 0.3 is 0 Å². The van der Waals surface area contributed by atoms with Crippen molar-refractivity contribution < 1.29 is 5.11 Å². The van der Waals surface area contributed by atoms with Gasteiger partial charge in [-0.05, 0) is 24.4 Å². The van der Waals surface area contributed by atoms with E-state index in [0.29, 0.717) is 10.5 Å². The predicted octanol–water partition coefficient (Wildman–Crippen LogP) is 3.66. The summed E-state index contributed by atoms with van der Waals surface area (Å²) in [6.07, 6.45) is 1.84. The largest absolute Gasteiger partial charge is 0.493 e. The van der Waals surface area contributed by atoms with Crippen molar-refractivity contribution in [2.24, 2.45) is 0 Å². The summed E-state index contributed by atoms with van der Waals surface area (Å²) in [5, 5.41) is 10.2. The molecule has 18 heavy (non-hydrogen) atoms. The lowest BCUT2D eigenvalue weighted by atomic mass is 10.3. The van der Waals surface area contributed by atoms with Crippen molar-refractivity contribution >= 4 is 24.0 Å². The number of rotatable bonds is 5. The van der Waals surface area contributed by atoms with Crippen molar-refractivity contribution in [3.8, 4) is 11.6 Å². The van der Waals surface area contributed by atoms with E-state index in [4.69, 9.17) is 12.2 Å². The van der Waals surface area contributed by atoms with Crippen LogP contribution in [0, 0.1) is 4.77 Å². The van der Waals surface area contributed by atoms with Gasteiger partial charge in [-0.15, -0.1) is 6.58 Å². The highest BCUT2D eigenvalue weighted by Crippen LogP contribution is 2.25. The van der Waals surface area contributed by atoms with Crippen LogP contribution in [0.1, 0.15) is 5.69 Å². The standard InChI is InChI=1S/C13H14N2OS2/c1-2-8-18-9-11-12(16)15(13(17)14-11)10-6-4-3-5-7-10/h2-7,16H,1,8-9H2,(H,14,17). The Kier molecular flexibility index (Phi) is 4.28. The van der Waals surface area contributed by atoms with Crippen LogP contribution >= 0.6 is 24.0 Å². The minimum Gasteiger partial charge on any atom is -0.493 e. The van der Waals surface area contributed by atoms with Crippen molar-refractivity contribution in [3.05, 3.63) is 53.5 Å². The van der Waals surface area contributed by atoms with Gasteiger partial charge in [0.25, 0.3) is 0 Å².